The number of thioether (sulfide) groups is 1. The standard InChI is InChI=1S/C13H18N4S2/c1-17(2)12-15-16-13(19-12)18-10-6-9-14-11-7-4-3-5-8-11/h3-5,7-8,14H,6,9-10H2,1-2H3. The third-order valence-corrected chi connectivity index (χ3v) is 4.74. The molecule has 0 fully saturated rings. The van der Waals surface area contributed by atoms with Crippen molar-refractivity contribution in [3.05, 3.63) is 30.3 Å². The number of rotatable bonds is 7. The van der Waals surface area contributed by atoms with Crippen LogP contribution in [0.3, 0.4) is 0 Å². The van der Waals surface area contributed by atoms with Crippen LogP contribution >= 0.6 is 23.1 Å². The first kappa shape index (κ1) is 14.1. The Morgan fingerprint density at radius 2 is 2.00 bits per heavy atom. The Labute approximate surface area is 122 Å². The molecule has 0 radical (unpaired) electrons. The highest BCUT2D eigenvalue weighted by atomic mass is 32.2. The van der Waals surface area contributed by atoms with Crippen molar-refractivity contribution in [2.75, 3.05) is 36.6 Å². The third-order valence-electron chi connectivity index (χ3n) is 2.43. The largest absolute Gasteiger partial charge is 0.385 e. The van der Waals surface area contributed by atoms with Crippen molar-refractivity contribution in [3.8, 4) is 0 Å². The monoisotopic (exact) mass is 294 g/mol. The van der Waals surface area contributed by atoms with Crippen LogP contribution in [0.5, 0.6) is 0 Å². The molecule has 19 heavy (non-hydrogen) atoms. The third kappa shape index (κ3) is 4.72. The van der Waals surface area contributed by atoms with E-state index in [1.54, 1.807) is 23.1 Å². The highest BCUT2D eigenvalue weighted by molar-refractivity contribution is 8.01. The summed E-state index contributed by atoms with van der Waals surface area (Å²) in [5.41, 5.74) is 1.18. The average molecular weight is 294 g/mol. The first-order valence-electron chi connectivity index (χ1n) is 6.18. The van der Waals surface area contributed by atoms with Gasteiger partial charge in [-0.1, -0.05) is 41.3 Å². The van der Waals surface area contributed by atoms with Crippen LogP contribution < -0.4 is 10.2 Å². The number of hydrogen-bond donors (Lipinski definition) is 1. The summed E-state index contributed by atoms with van der Waals surface area (Å²) in [7, 11) is 3.97. The molecule has 1 heterocycles. The van der Waals surface area contributed by atoms with E-state index in [0.717, 1.165) is 28.2 Å². The summed E-state index contributed by atoms with van der Waals surface area (Å²) in [6.45, 7) is 0.982. The number of aromatic nitrogens is 2. The van der Waals surface area contributed by atoms with E-state index in [4.69, 9.17) is 0 Å². The van der Waals surface area contributed by atoms with Crippen molar-refractivity contribution < 1.29 is 0 Å². The van der Waals surface area contributed by atoms with Crippen LogP contribution in [0, 0.1) is 0 Å². The molecule has 0 aliphatic carbocycles. The van der Waals surface area contributed by atoms with Crippen LogP contribution in [0.4, 0.5) is 10.8 Å². The van der Waals surface area contributed by atoms with Crippen molar-refractivity contribution in [2.24, 2.45) is 0 Å². The van der Waals surface area contributed by atoms with E-state index in [1.165, 1.54) is 5.69 Å². The summed E-state index contributed by atoms with van der Waals surface area (Å²) in [5, 5.41) is 12.6. The maximum atomic E-state index is 4.16. The molecular weight excluding hydrogens is 276 g/mol. The Balaban J connectivity index is 1.64. The second-order valence-electron chi connectivity index (χ2n) is 4.24. The fourth-order valence-corrected chi connectivity index (χ4v) is 3.24. The summed E-state index contributed by atoms with van der Waals surface area (Å²) in [5.74, 6) is 1.06. The number of hydrogen-bond acceptors (Lipinski definition) is 6. The lowest BCUT2D eigenvalue weighted by molar-refractivity contribution is 0.963. The molecule has 2 rings (SSSR count). The topological polar surface area (TPSA) is 41.1 Å². The molecule has 0 saturated carbocycles. The van der Waals surface area contributed by atoms with E-state index in [1.807, 2.05) is 37.2 Å². The molecule has 1 aromatic carbocycles. The molecule has 1 aromatic heterocycles. The van der Waals surface area contributed by atoms with Gasteiger partial charge in [0.2, 0.25) is 5.13 Å². The van der Waals surface area contributed by atoms with Gasteiger partial charge in [0.1, 0.15) is 0 Å². The van der Waals surface area contributed by atoms with Crippen LogP contribution in [0.2, 0.25) is 0 Å². The lowest BCUT2D eigenvalue weighted by Crippen LogP contribution is -2.07. The van der Waals surface area contributed by atoms with Gasteiger partial charge >= 0.3 is 0 Å². The number of anilines is 2. The first-order chi connectivity index (χ1) is 9.25. The van der Waals surface area contributed by atoms with Crippen LogP contribution in [0.25, 0.3) is 0 Å². The van der Waals surface area contributed by atoms with Crippen molar-refractivity contribution in [2.45, 2.75) is 10.8 Å². The summed E-state index contributed by atoms with van der Waals surface area (Å²) < 4.78 is 1.04. The predicted octanol–water partition coefficient (Wildman–Crippen LogP) is 3.20. The Bertz CT molecular complexity index is 484. The number of nitrogens with one attached hydrogen (secondary N) is 1. The Morgan fingerprint density at radius 1 is 1.21 bits per heavy atom. The quantitative estimate of drug-likeness (QED) is 0.627. The first-order valence-corrected chi connectivity index (χ1v) is 7.98. The molecule has 0 amide bonds. The van der Waals surface area contributed by atoms with Crippen molar-refractivity contribution >= 4 is 33.9 Å². The van der Waals surface area contributed by atoms with E-state index >= 15 is 0 Å². The van der Waals surface area contributed by atoms with Gasteiger partial charge in [-0.3, -0.25) is 0 Å². The fourth-order valence-electron chi connectivity index (χ4n) is 1.46. The lowest BCUT2D eigenvalue weighted by Gasteiger charge is -2.05. The van der Waals surface area contributed by atoms with E-state index < -0.39 is 0 Å². The Kier molecular flexibility index (Phi) is 5.47. The summed E-state index contributed by atoms with van der Waals surface area (Å²) in [6, 6.07) is 10.3. The number of nitrogens with zero attached hydrogens (tertiary/aromatic N) is 3. The number of benzene rings is 1. The predicted molar refractivity (Wildman–Crippen MR) is 84.5 cm³/mol. The van der Waals surface area contributed by atoms with Crippen molar-refractivity contribution in [1.29, 1.82) is 0 Å². The molecule has 4 nitrogen and oxygen atoms in total. The molecule has 102 valence electrons. The maximum Gasteiger partial charge on any atom is 0.208 e. The highest BCUT2D eigenvalue weighted by Gasteiger charge is 2.05. The average Bonchev–Trinajstić information content (AvgIpc) is 2.89. The molecule has 0 atom stereocenters. The van der Waals surface area contributed by atoms with Gasteiger partial charge in [0.25, 0.3) is 0 Å². The van der Waals surface area contributed by atoms with E-state index in [2.05, 4.69) is 27.6 Å². The van der Waals surface area contributed by atoms with Crippen LogP contribution in [-0.4, -0.2) is 36.6 Å². The van der Waals surface area contributed by atoms with Crippen LogP contribution in [-0.2, 0) is 0 Å². The molecular formula is C13H18N4S2. The smallest absolute Gasteiger partial charge is 0.208 e. The molecule has 0 bridgehead atoms. The number of para-hydroxylation sites is 1. The lowest BCUT2D eigenvalue weighted by atomic mass is 10.3. The van der Waals surface area contributed by atoms with Gasteiger partial charge in [-0.2, -0.15) is 0 Å². The zero-order valence-electron chi connectivity index (χ0n) is 11.2. The zero-order chi connectivity index (χ0) is 13.5. The van der Waals surface area contributed by atoms with Gasteiger partial charge in [0.15, 0.2) is 4.34 Å². The van der Waals surface area contributed by atoms with E-state index in [9.17, 15) is 0 Å². The second-order valence-corrected chi connectivity index (χ2v) is 6.54. The SMILES string of the molecule is CN(C)c1nnc(SCCCNc2ccccc2)s1. The molecule has 0 aliphatic rings. The summed E-state index contributed by atoms with van der Waals surface area (Å²) in [6.07, 6.45) is 1.11. The van der Waals surface area contributed by atoms with Crippen LogP contribution in [0.1, 0.15) is 6.42 Å². The molecule has 0 unspecified atom stereocenters. The highest BCUT2D eigenvalue weighted by Crippen LogP contribution is 2.27. The normalized spacial score (nSPS) is 10.4. The van der Waals surface area contributed by atoms with Crippen LogP contribution in [0.15, 0.2) is 34.7 Å². The minimum Gasteiger partial charge on any atom is -0.385 e. The minimum atomic E-state index is 0.963. The van der Waals surface area contributed by atoms with E-state index in [0.29, 0.717) is 0 Å². The molecule has 0 aliphatic heterocycles. The van der Waals surface area contributed by atoms with Gasteiger partial charge in [-0.15, -0.1) is 10.2 Å². The molecule has 0 saturated heterocycles. The fraction of sp³-hybridized carbons (Fsp3) is 0.385. The van der Waals surface area contributed by atoms with Gasteiger partial charge in [-0.05, 0) is 18.6 Å². The van der Waals surface area contributed by atoms with Crippen molar-refractivity contribution in [3.63, 3.8) is 0 Å². The molecule has 6 heteroatoms. The maximum absolute atomic E-state index is 4.16. The molecule has 2 aromatic rings. The second kappa shape index (κ2) is 7.35. The van der Waals surface area contributed by atoms with E-state index in [-0.39, 0.29) is 0 Å². The van der Waals surface area contributed by atoms with Crippen molar-refractivity contribution in [1.82, 2.24) is 10.2 Å². The van der Waals surface area contributed by atoms with Gasteiger partial charge in [-0.25, -0.2) is 0 Å². The molecule has 0 spiro atoms. The summed E-state index contributed by atoms with van der Waals surface area (Å²) >= 11 is 3.41. The molecule has 1 N–H and O–H groups in total. The summed E-state index contributed by atoms with van der Waals surface area (Å²) in [4.78, 5) is 1.98. The van der Waals surface area contributed by atoms with Gasteiger partial charge in [0.05, 0.1) is 0 Å². The van der Waals surface area contributed by atoms with Gasteiger partial charge < -0.3 is 10.2 Å². The Morgan fingerprint density at radius 3 is 2.68 bits per heavy atom. The van der Waals surface area contributed by atoms with Gasteiger partial charge in [0, 0.05) is 32.1 Å². The Hall–Kier alpha value is -1.27. The zero-order valence-corrected chi connectivity index (χ0v) is 12.8. The minimum absolute atomic E-state index is 0.963.